The van der Waals surface area contributed by atoms with Gasteiger partial charge in [-0.2, -0.15) is 0 Å². The SMILES string of the molecule is CN1CCC(S(=O)(=O)NC(COCc2ccccc2)C(=O)NCc2ccc(-c3ccccc3-c3nnn[nH]3)cc2)CC1. The van der Waals surface area contributed by atoms with Crippen LogP contribution in [0.15, 0.2) is 78.9 Å². The number of aromatic amines is 1. The molecule has 0 radical (unpaired) electrons. The van der Waals surface area contributed by atoms with Gasteiger partial charge in [-0.05, 0) is 65.7 Å². The average molecular weight is 590 g/mol. The molecule has 11 nitrogen and oxygen atoms in total. The number of hydrogen-bond acceptors (Lipinski definition) is 8. The summed E-state index contributed by atoms with van der Waals surface area (Å²) in [5.74, 6) is 0.136. The van der Waals surface area contributed by atoms with Crippen LogP contribution in [0, 0.1) is 0 Å². The van der Waals surface area contributed by atoms with Crippen molar-refractivity contribution < 1.29 is 17.9 Å². The Balaban J connectivity index is 1.24. The quantitative estimate of drug-likeness (QED) is 0.229. The Morgan fingerprint density at radius 1 is 0.976 bits per heavy atom. The van der Waals surface area contributed by atoms with Crippen LogP contribution in [0.5, 0.6) is 0 Å². The number of nitrogens with zero attached hydrogens (tertiary/aromatic N) is 4. The first-order valence-electron chi connectivity index (χ1n) is 13.9. The van der Waals surface area contributed by atoms with E-state index >= 15 is 0 Å². The lowest BCUT2D eigenvalue weighted by molar-refractivity contribution is -0.124. The van der Waals surface area contributed by atoms with Crippen LogP contribution in [0.3, 0.4) is 0 Å². The smallest absolute Gasteiger partial charge is 0.240 e. The largest absolute Gasteiger partial charge is 0.375 e. The molecular weight excluding hydrogens is 554 g/mol. The van der Waals surface area contributed by atoms with E-state index in [1.807, 2.05) is 85.9 Å². The number of amides is 1. The molecule has 1 aliphatic rings. The van der Waals surface area contributed by atoms with Gasteiger partial charge in [0.1, 0.15) is 6.04 Å². The lowest BCUT2D eigenvalue weighted by atomic mass is 9.98. The molecule has 1 aromatic heterocycles. The summed E-state index contributed by atoms with van der Waals surface area (Å²) in [6.07, 6.45) is 1.04. The van der Waals surface area contributed by atoms with E-state index in [0.29, 0.717) is 31.8 Å². The molecular formula is C30H35N7O4S. The van der Waals surface area contributed by atoms with Gasteiger partial charge < -0.3 is 15.0 Å². The van der Waals surface area contributed by atoms with Crippen molar-refractivity contribution in [2.45, 2.75) is 37.3 Å². The number of carbonyl (C=O) groups excluding carboxylic acids is 1. The lowest BCUT2D eigenvalue weighted by Gasteiger charge is -2.30. The Hall–Kier alpha value is -3.97. The number of likely N-dealkylation sites (tertiary alicyclic amines) is 1. The zero-order chi connectivity index (χ0) is 29.4. The molecule has 0 aliphatic carbocycles. The van der Waals surface area contributed by atoms with Crippen molar-refractivity contribution in [2.24, 2.45) is 0 Å². The molecule has 12 heteroatoms. The molecule has 5 rings (SSSR count). The number of aromatic nitrogens is 4. The molecule has 220 valence electrons. The molecule has 1 amide bonds. The minimum Gasteiger partial charge on any atom is -0.375 e. The Bertz CT molecular complexity index is 1540. The maximum atomic E-state index is 13.3. The van der Waals surface area contributed by atoms with Crippen molar-refractivity contribution in [1.29, 1.82) is 0 Å². The minimum atomic E-state index is -3.72. The van der Waals surface area contributed by atoms with Crippen LogP contribution in [0.2, 0.25) is 0 Å². The number of H-pyrrole nitrogens is 1. The molecule has 3 aromatic carbocycles. The van der Waals surface area contributed by atoms with E-state index in [1.165, 1.54) is 0 Å². The van der Waals surface area contributed by atoms with Gasteiger partial charge in [-0.1, -0.05) is 78.9 Å². The zero-order valence-corrected chi connectivity index (χ0v) is 24.3. The molecule has 2 heterocycles. The first-order valence-corrected chi connectivity index (χ1v) is 15.4. The van der Waals surface area contributed by atoms with Crippen LogP contribution < -0.4 is 10.0 Å². The van der Waals surface area contributed by atoms with Gasteiger partial charge >= 0.3 is 0 Å². The maximum absolute atomic E-state index is 13.3. The monoisotopic (exact) mass is 589 g/mol. The van der Waals surface area contributed by atoms with Gasteiger partial charge in [0, 0.05) is 12.1 Å². The van der Waals surface area contributed by atoms with E-state index in [-0.39, 0.29) is 19.8 Å². The van der Waals surface area contributed by atoms with Gasteiger partial charge in [-0.25, -0.2) is 18.2 Å². The van der Waals surface area contributed by atoms with Crippen molar-refractivity contribution in [3.8, 4) is 22.5 Å². The van der Waals surface area contributed by atoms with Crippen molar-refractivity contribution in [3.05, 3.63) is 90.0 Å². The molecule has 0 saturated carbocycles. The first kappa shape index (κ1) is 29.5. The maximum Gasteiger partial charge on any atom is 0.240 e. The zero-order valence-electron chi connectivity index (χ0n) is 23.4. The Morgan fingerprint density at radius 2 is 1.67 bits per heavy atom. The van der Waals surface area contributed by atoms with Gasteiger partial charge in [0.2, 0.25) is 15.9 Å². The molecule has 3 N–H and O–H groups in total. The highest BCUT2D eigenvalue weighted by Crippen LogP contribution is 2.29. The van der Waals surface area contributed by atoms with E-state index < -0.39 is 27.2 Å². The van der Waals surface area contributed by atoms with Crippen LogP contribution in [0.4, 0.5) is 0 Å². The Morgan fingerprint density at radius 3 is 2.36 bits per heavy atom. The van der Waals surface area contributed by atoms with Crippen LogP contribution in [0.25, 0.3) is 22.5 Å². The molecule has 1 saturated heterocycles. The van der Waals surface area contributed by atoms with Gasteiger partial charge in [-0.3, -0.25) is 4.79 Å². The Labute approximate surface area is 245 Å². The highest BCUT2D eigenvalue weighted by molar-refractivity contribution is 7.90. The number of ether oxygens (including phenoxy) is 1. The molecule has 4 aromatic rings. The van der Waals surface area contributed by atoms with Crippen LogP contribution in [-0.2, 0) is 32.7 Å². The number of sulfonamides is 1. The van der Waals surface area contributed by atoms with E-state index in [1.54, 1.807) is 0 Å². The number of carbonyl (C=O) groups is 1. The highest BCUT2D eigenvalue weighted by Gasteiger charge is 2.33. The Kier molecular flexibility index (Phi) is 9.70. The fourth-order valence-corrected chi connectivity index (χ4v) is 6.55. The third-order valence-corrected chi connectivity index (χ3v) is 9.34. The average Bonchev–Trinajstić information content (AvgIpc) is 3.55. The number of piperidine rings is 1. The fourth-order valence-electron chi connectivity index (χ4n) is 4.95. The van der Waals surface area contributed by atoms with Crippen molar-refractivity contribution in [3.63, 3.8) is 0 Å². The molecule has 0 spiro atoms. The molecule has 1 atom stereocenters. The summed E-state index contributed by atoms with van der Waals surface area (Å²) in [4.78, 5) is 15.4. The van der Waals surface area contributed by atoms with E-state index in [9.17, 15) is 13.2 Å². The van der Waals surface area contributed by atoms with Crippen LogP contribution >= 0.6 is 0 Å². The number of benzene rings is 3. The normalized spacial score (nSPS) is 15.4. The van der Waals surface area contributed by atoms with Crippen molar-refractivity contribution in [2.75, 3.05) is 26.7 Å². The summed E-state index contributed by atoms with van der Waals surface area (Å²) in [7, 11) is -1.75. The molecule has 1 fully saturated rings. The van der Waals surface area contributed by atoms with Gasteiger partial charge in [0.15, 0.2) is 5.82 Å². The summed E-state index contributed by atoms with van der Waals surface area (Å²) >= 11 is 0. The van der Waals surface area contributed by atoms with E-state index in [4.69, 9.17) is 4.74 Å². The van der Waals surface area contributed by atoms with E-state index in [2.05, 4.69) is 35.6 Å². The molecule has 0 bridgehead atoms. The first-order chi connectivity index (χ1) is 20.4. The third kappa shape index (κ3) is 7.65. The third-order valence-electron chi connectivity index (χ3n) is 7.38. The highest BCUT2D eigenvalue weighted by atomic mass is 32.2. The number of rotatable bonds is 12. The van der Waals surface area contributed by atoms with Gasteiger partial charge in [-0.15, -0.1) is 5.10 Å². The van der Waals surface area contributed by atoms with Gasteiger partial charge in [0.05, 0.1) is 18.5 Å². The second kappa shape index (κ2) is 13.8. The number of nitrogens with one attached hydrogen (secondary N) is 3. The molecule has 1 aliphatic heterocycles. The summed E-state index contributed by atoms with van der Waals surface area (Å²) in [6, 6.07) is 24.1. The summed E-state index contributed by atoms with van der Waals surface area (Å²) < 4.78 is 34.9. The number of hydrogen-bond donors (Lipinski definition) is 3. The lowest BCUT2D eigenvalue weighted by Crippen LogP contribution is -2.52. The standard InChI is InChI=1S/C30H35N7O4S/c1-37-17-15-25(16-18-37)42(39,40)34-28(21-41-20-23-7-3-2-4-8-23)30(38)31-19-22-11-13-24(14-12-22)26-9-5-6-10-27(26)29-32-35-36-33-29/h2-14,25,28,34H,15-21H2,1H3,(H,31,38)(H,32,33,35,36). The molecule has 1 unspecified atom stereocenters. The minimum absolute atomic E-state index is 0.0845. The summed E-state index contributed by atoms with van der Waals surface area (Å²) in [5, 5.41) is 16.5. The predicted octanol–water partition coefficient (Wildman–Crippen LogP) is 2.75. The second-order valence-corrected chi connectivity index (χ2v) is 12.4. The van der Waals surface area contributed by atoms with Crippen molar-refractivity contribution in [1.82, 2.24) is 35.6 Å². The topological polar surface area (TPSA) is 142 Å². The predicted molar refractivity (Wildman–Crippen MR) is 159 cm³/mol. The number of tetrazole rings is 1. The van der Waals surface area contributed by atoms with Crippen LogP contribution in [-0.4, -0.2) is 77.9 Å². The van der Waals surface area contributed by atoms with Crippen molar-refractivity contribution >= 4 is 15.9 Å². The van der Waals surface area contributed by atoms with Gasteiger partial charge in [0.25, 0.3) is 0 Å². The van der Waals surface area contributed by atoms with Crippen LogP contribution in [0.1, 0.15) is 24.0 Å². The fraction of sp³-hybridized carbons (Fsp3) is 0.333. The van der Waals surface area contributed by atoms with E-state index in [0.717, 1.165) is 27.8 Å². The molecule has 42 heavy (non-hydrogen) atoms. The summed E-state index contributed by atoms with van der Waals surface area (Å²) in [6.45, 7) is 1.82. The summed E-state index contributed by atoms with van der Waals surface area (Å²) in [5.41, 5.74) is 4.61. The second-order valence-electron chi connectivity index (χ2n) is 10.4.